The van der Waals surface area contributed by atoms with Gasteiger partial charge in [0.05, 0.1) is 23.6 Å². The molecule has 1 aliphatic heterocycles. The van der Waals surface area contributed by atoms with Gasteiger partial charge in [0.25, 0.3) is 5.69 Å². The summed E-state index contributed by atoms with van der Waals surface area (Å²) in [6.45, 7) is 2.05. The highest BCUT2D eigenvalue weighted by Crippen LogP contribution is 2.35. The van der Waals surface area contributed by atoms with Crippen LogP contribution in [0.4, 0.5) is 17.1 Å². The Labute approximate surface area is 166 Å². The number of anilines is 2. The van der Waals surface area contributed by atoms with Crippen molar-refractivity contribution in [2.75, 3.05) is 23.9 Å². The molecule has 9 heteroatoms. The molecule has 1 saturated heterocycles. The molecule has 28 heavy (non-hydrogen) atoms. The second-order valence-electron chi connectivity index (χ2n) is 6.49. The Hall–Kier alpha value is -3.13. The molecule has 0 aromatic heterocycles. The predicted molar refractivity (Wildman–Crippen MR) is 105 cm³/mol. The molecule has 1 aliphatic rings. The minimum Gasteiger partial charge on any atom is -0.495 e. The summed E-state index contributed by atoms with van der Waals surface area (Å²) in [5.41, 5.74) is 1.29. The van der Waals surface area contributed by atoms with Crippen molar-refractivity contribution in [1.29, 1.82) is 0 Å². The van der Waals surface area contributed by atoms with E-state index in [2.05, 4.69) is 5.32 Å². The minimum atomic E-state index is -0.645. The van der Waals surface area contributed by atoms with Gasteiger partial charge >= 0.3 is 0 Å². The molecule has 2 aromatic rings. The van der Waals surface area contributed by atoms with Gasteiger partial charge in [-0.05, 0) is 36.8 Å². The third-order valence-electron chi connectivity index (χ3n) is 4.54. The zero-order chi connectivity index (χ0) is 20.4. The summed E-state index contributed by atoms with van der Waals surface area (Å²) < 4.78 is 5.32. The number of nitro benzene ring substituents is 1. The first-order valence-corrected chi connectivity index (χ1v) is 8.87. The van der Waals surface area contributed by atoms with Gasteiger partial charge in [-0.25, -0.2) is 0 Å². The highest BCUT2D eigenvalue weighted by Gasteiger charge is 2.37. The number of benzene rings is 2. The number of nitro groups is 1. The van der Waals surface area contributed by atoms with E-state index in [0.717, 1.165) is 5.56 Å². The molecule has 3 rings (SSSR count). The van der Waals surface area contributed by atoms with Crippen molar-refractivity contribution < 1.29 is 19.2 Å². The first-order chi connectivity index (χ1) is 13.3. The van der Waals surface area contributed by atoms with E-state index in [4.69, 9.17) is 16.3 Å². The molecule has 1 atom stereocenters. The van der Waals surface area contributed by atoms with E-state index in [1.807, 2.05) is 19.1 Å². The van der Waals surface area contributed by atoms with Crippen LogP contribution in [-0.4, -0.2) is 30.4 Å². The highest BCUT2D eigenvalue weighted by molar-refractivity contribution is 6.31. The lowest BCUT2D eigenvalue weighted by Crippen LogP contribution is -2.28. The van der Waals surface area contributed by atoms with Crippen molar-refractivity contribution in [2.24, 2.45) is 5.92 Å². The van der Waals surface area contributed by atoms with Gasteiger partial charge in [-0.15, -0.1) is 0 Å². The number of hydrogen-bond donors (Lipinski definition) is 1. The standard InChI is InChI=1S/C19H18ClN3O5/c1-11-3-6-17(28-2)16(7-11)22-10-12(8-18(22)24)19(25)21-14-5-4-13(20)9-15(14)23(26)27/h3-7,9,12H,8,10H2,1-2H3,(H,21,25). The number of amides is 2. The number of nitrogens with one attached hydrogen (secondary N) is 1. The SMILES string of the molecule is COc1ccc(C)cc1N1CC(C(=O)Nc2ccc(Cl)cc2[N+](=O)[O-])CC1=O. The van der Waals surface area contributed by atoms with Crippen molar-refractivity contribution in [3.63, 3.8) is 0 Å². The Morgan fingerprint density at radius 3 is 2.75 bits per heavy atom. The van der Waals surface area contributed by atoms with E-state index in [1.165, 1.54) is 30.2 Å². The number of nitrogens with zero attached hydrogens (tertiary/aromatic N) is 2. The summed E-state index contributed by atoms with van der Waals surface area (Å²) in [4.78, 5) is 37.2. The average molecular weight is 404 g/mol. The lowest BCUT2D eigenvalue weighted by molar-refractivity contribution is -0.383. The Balaban J connectivity index is 1.80. The molecule has 2 aromatic carbocycles. The van der Waals surface area contributed by atoms with Crippen LogP contribution < -0.4 is 15.0 Å². The third-order valence-corrected chi connectivity index (χ3v) is 4.77. The molecule has 146 valence electrons. The summed E-state index contributed by atoms with van der Waals surface area (Å²) in [6, 6.07) is 9.45. The number of halogens is 1. The van der Waals surface area contributed by atoms with Gasteiger partial charge in [-0.1, -0.05) is 17.7 Å². The maximum absolute atomic E-state index is 12.6. The van der Waals surface area contributed by atoms with Crippen LogP contribution in [-0.2, 0) is 9.59 Å². The van der Waals surface area contributed by atoms with E-state index in [0.29, 0.717) is 11.4 Å². The quantitative estimate of drug-likeness (QED) is 0.607. The molecule has 1 fully saturated rings. The first-order valence-electron chi connectivity index (χ1n) is 8.50. The molecule has 0 saturated carbocycles. The summed E-state index contributed by atoms with van der Waals surface area (Å²) >= 11 is 5.79. The average Bonchev–Trinajstić information content (AvgIpc) is 3.04. The second kappa shape index (κ2) is 7.85. The van der Waals surface area contributed by atoms with Crippen LogP contribution in [0.1, 0.15) is 12.0 Å². The highest BCUT2D eigenvalue weighted by atomic mass is 35.5. The lowest BCUT2D eigenvalue weighted by atomic mass is 10.1. The molecule has 8 nitrogen and oxygen atoms in total. The van der Waals surface area contributed by atoms with Gasteiger partial charge in [0.2, 0.25) is 11.8 Å². The van der Waals surface area contributed by atoms with Crippen LogP contribution in [0, 0.1) is 23.0 Å². The van der Waals surface area contributed by atoms with Crippen molar-refractivity contribution >= 4 is 40.5 Å². The molecule has 1 N–H and O–H groups in total. The summed E-state index contributed by atoms with van der Waals surface area (Å²) in [5.74, 6) is -0.788. The fourth-order valence-corrected chi connectivity index (χ4v) is 3.29. The molecular weight excluding hydrogens is 386 g/mol. The number of carbonyl (C=O) groups is 2. The smallest absolute Gasteiger partial charge is 0.294 e. The fraction of sp³-hybridized carbons (Fsp3) is 0.263. The van der Waals surface area contributed by atoms with Gasteiger partial charge in [-0.3, -0.25) is 19.7 Å². The van der Waals surface area contributed by atoms with Crippen molar-refractivity contribution in [3.05, 3.63) is 57.1 Å². The van der Waals surface area contributed by atoms with Crippen LogP contribution in [0.15, 0.2) is 36.4 Å². The zero-order valence-electron chi connectivity index (χ0n) is 15.3. The molecule has 0 bridgehead atoms. The van der Waals surface area contributed by atoms with Crippen LogP contribution in [0.25, 0.3) is 0 Å². The first kappa shape index (κ1) is 19.6. The fourth-order valence-electron chi connectivity index (χ4n) is 3.12. The number of carbonyl (C=O) groups excluding carboxylic acids is 2. The van der Waals surface area contributed by atoms with Crippen LogP contribution in [0.3, 0.4) is 0 Å². The summed E-state index contributed by atoms with van der Waals surface area (Å²) in [5, 5.41) is 13.9. The number of ether oxygens (including phenoxy) is 1. The molecule has 0 spiro atoms. The van der Waals surface area contributed by atoms with Crippen molar-refractivity contribution in [3.8, 4) is 5.75 Å². The van der Waals surface area contributed by atoms with Gasteiger partial charge in [0.15, 0.2) is 0 Å². The van der Waals surface area contributed by atoms with Gasteiger partial charge in [0.1, 0.15) is 11.4 Å². The van der Waals surface area contributed by atoms with Crippen molar-refractivity contribution in [2.45, 2.75) is 13.3 Å². The van der Waals surface area contributed by atoms with Crippen molar-refractivity contribution in [1.82, 2.24) is 0 Å². The lowest BCUT2D eigenvalue weighted by Gasteiger charge is -2.20. The Morgan fingerprint density at radius 2 is 2.07 bits per heavy atom. The van der Waals surface area contributed by atoms with Gasteiger partial charge in [0, 0.05) is 24.1 Å². The van der Waals surface area contributed by atoms with E-state index in [1.54, 1.807) is 6.07 Å². The van der Waals surface area contributed by atoms with E-state index in [-0.39, 0.29) is 35.3 Å². The molecular formula is C19H18ClN3O5. The molecule has 0 radical (unpaired) electrons. The number of hydrogen-bond acceptors (Lipinski definition) is 5. The number of aryl methyl sites for hydroxylation is 1. The minimum absolute atomic E-state index is 0.00428. The van der Waals surface area contributed by atoms with E-state index < -0.39 is 16.7 Å². The maximum Gasteiger partial charge on any atom is 0.294 e. The number of methoxy groups -OCH3 is 1. The number of rotatable bonds is 5. The monoisotopic (exact) mass is 403 g/mol. The zero-order valence-corrected chi connectivity index (χ0v) is 16.0. The third kappa shape index (κ3) is 3.91. The Morgan fingerprint density at radius 1 is 1.32 bits per heavy atom. The molecule has 2 amide bonds. The largest absolute Gasteiger partial charge is 0.495 e. The molecule has 0 aliphatic carbocycles. The predicted octanol–water partition coefficient (Wildman–Crippen LogP) is 3.56. The van der Waals surface area contributed by atoms with E-state index >= 15 is 0 Å². The van der Waals surface area contributed by atoms with Gasteiger partial charge in [-0.2, -0.15) is 0 Å². The Kier molecular flexibility index (Phi) is 5.51. The normalized spacial score (nSPS) is 16.2. The van der Waals surface area contributed by atoms with E-state index in [9.17, 15) is 19.7 Å². The van der Waals surface area contributed by atoms with Crippen LogP contribution in [0.5, 0.6) is 5.75 Å². The molecule has 1 heterocycles. The Bertz CT molecular complexity index is 963. The van der Waals surface area contributed by atoms with Gasteiger partial charge < -0.3 is 15.0 Å². The summed E-state index contributed by atoms with van der Waals surface area (Å²) in [7, 11) is 1.51. The van der Waals surface area contributed by atoms with Crippen LogP contribution in [0.2, 0.25) is 5.02 Å². The van der Waals surface area contributed by atoms with Crippen LogP contribution >= 0.6 is 11.6 Å². The topological polar surface area (TPSA) is 102 Å². The second-order valence-corrected chi connectivity index (χ2v) is 6.92. The molecule has 1 unspecified atom stereocenters. The maximum atomic E-state index is 12.6. The summed E-state index contributed by atoms with van der Waals surface area (Å²) in [6.07, 6.45) is 0.00428.